The van der Waals surface area contributed by atoms with Gasteiger partial charge in [0.15, 0.2) is 6.61 Å². The van der Waals surface area contributed by atoms with Crippen molar-refractivity contribution in [3.63, 3.8) is 0 Å². The van der Waals surface area contributed by atoms with Gasteiger partial charge in [-0.15, -0.1) is 0 Å². The van der Waals surface area contributed by atoms with Crippen LogP contribution in [-0.4, -0.2) is 35.4 Å². The van der Waals surface area contributed by atoms with Crippen LogP contribution in [0.5, 0.6) is 5.88 Å². The van der Waals surface area contributed by atoms with Crippen molar-refractivity contribution in [2.45, 2.75) is 13.5 Å². The second kappa shape index (κ2) is 7.93. The Labute approximate surface area is 135 Å². The molecule has 0 saturated heterocycles. The van der Waals surface area contributed by atoms with Crippen molar-refractivity contribution < 1.29 is 14.3 Å². The van der Waals surface area contributed by atoms with E-state index in [0.717, 1.165) is 5.56 Å². The van der Waals surface area contributed by atoms with Gasteiger partial charge in [0.05, 0.1) is 11.9 Å². The molecule has 0 radical (unpaired) electrons. The monoisotopic (exact) mass is 313 g/mol. The van der Waals surface area contributed by atoms with E-state index in [1.165, 1.54) is 13.1 Å². The summed E-state index contributed by atoms with van der Waals surface area (Å²) in [6.45, 7) is 1.86. The Balaban J connectivity index is 1.82. The lowest BCUT2D eigenvalue weighted by molar-refractivity contribution is -0.132. The zero-order valence-corrected chi connectivity index (χ0v) is 13.2. The van der Waals surface area contributed by atoms with Crippen molar-refractivity contribution in [3.05, 3.63) is 54.2 Å². The lowest BCUT2D eigenvalue weighted by atomic mass is 10.2. The fraction of sp³-hybridized carbons (Fsp3) is 0.235. The zero-order chi connectivity index (χ0) is 16.7. The number of benzene rings is 1. The van der Waals surface area contributed by atoms with Crippen LogP contribution >= 0.6 is 0 Å². The molecule has 1 aromatic carbocycles. The first-order valence-corrected chi connectivity index (χ1v) is 7.19. The second-order valence-corrected chi connectivity index (χ2v) is 5.09. The van der Waals surface area contributed by atoms with Crippen LogP contribution < -0.4 is 10.1 Å². The number of nitrogens with one attached hydrogen (secondary N) is 1. The SMILES string of the molecule is CC(=O)Nc1ccc(OCC(=O)N(C)Cc2ccccc2)nc1. The molecular weight excluding hydrogens is 294 g/mol. The van der Waals surface area contributed by atoms with E-state index in [2.05, 4.69) is 10.3 Å². The molecule has 0 atom stereocenters. The average molecular weight is 313 g/mol. The molecule has 2 rings (SSSR count). The normalized spacial score (nSPS) is 10.0. The molecular formula is C17H19N3O3. The second-order valence-electron chi connectivity index (χ2n) is 5.09. The third-order valence-electron chi connectivity index (χ3n) is 3.09. The fourth-order valence-corrected chi connectivity index (χ4v) is 1.93. The highest BCUT2D eigenvalue weighted by atomic mass is 16.5. The van der Waals surface area contributed by atoms with Gasteiger partial charge in [0.2, 0.25) is 11.8 Å². The number of ether oxygens (including phenoxy) is 1. The molecule has 0 aliphatic rings. The van der Waals surface area contributed by atoms with E-state index in [0.29, 0.717) is 18.1 Å². The standard InChI is InChI=1S/C17H19N3O3/c1-13(21)19-15-8-9-16(18-10-15)23-12-17(22)20(2)11-14-6-4-3-5-7-14/h3-10H,11-12H2,1-2H3,(H,19,21). The van der Waals surface area contributed by atoms with Crippen molar-refractivity contribution in [2.24, 2.45) is 0 Å². The summed E-state index contributed by atoms with van der Waals surface area (Å²) in [6.07, 6.45) is 1.48. The lowest BCUT2D eigenvalue weighted by Crippen LogP contribution is -2.31. The van der Waals surface area contributed by atoms with Crippen molar-refractivity contribution in [2.75, 3.05) is 19.0 Å². The van der Waals surface area contributed by atoms with Gasteiger partial charge in [0.1, 0.15) is 0 Å². The van der Waals surface area contributed by atoms with Crippen LogP contribution in [0.3, 0.4) is 0 Å². The number of aromatic nitrogens is 1. The predicted octanol–water partition coefficient (Wildman–Crippen LogP) is 2.08. The van der Waals surface area contributed by atoms with Gasteiger partial charge in [-0.05, 0) is 11.6 Å². The summed E-state index contributed by atoms with van der Waals surface area (Å²) in [4.78, 5) is 28.6. The maximum absolute atomic E-state index is 12.0. The summed E-state index contributed by atoms with van der Waals surface area (Å²) in [5.74, 6) is 0.0281. The smallest absolute Gasteiger partial charge is 0.260 e. The van der Waals surface area contributed by atoms with Crippen LogP contribution in [0.2, 0.25) is 0 Å². The van der Waals surface area contributed by atoms with Gasteiger partial charge in [-0.3, -0.25) is 9.59 Å². The summed E-state index contributed by atoms with van der Waals surface area (Å²) >= 11 is 0. The number of hydrogen-bond acceptors (Lipinski definition) is 4. The van der Waals surface area contributed by atoms with Crippen LogP contribution in [-0.2, 0) is 16.1 Å². The molecule has 0 spiro atoms. The molecule has 2 amide bonds. The van der Waals surface area contributed by atoms with Gasteiger partial charge >= 0.3 is 0 Å². The van der Waals surface area contributed by atoms with Crippen LogP contribution in [0.25, 0.3) is 0 Å². The largest absolute Gasteiger partial charge is 0.468 e. The molecule has 0 aliphatic carbocycles. The third kappa shape index (κ3) is 5.43. The molecule has 1 heterocycles. The molecule has 120 valence electrons. The van der Waals surface area contributed by atoms with E-state index in [9.17, 15) is 9.59 Å². The summed E-state index contributed by atoms with van der Waals surface area (Å²) in [7, 11) is 1.73. The molecule has 0 bridgehead atoms. The highest BCUT2D eigenvalue weighted by Gasteiger charge is 2.10. The Hall–Kier alpha value is -2.89. The molecule has 23 heavy (non-hydrogen) atoms. The first kappa shape index (κ1) is 16.5. The number of carbonyl (C=O) groups excluding carboxylic acids is 2. The number of amides is 2. The Morgan fingerprint density at radius 1 is 1.17 bits per heavy atom. The van der Waals surface area contributed by atoms with Gasteiger partial charge in [-0.25, -0.2) is 4.98 Å². The Bertz CT molecular complexity index is 657. The van der Waals surface area contributed by atoms with Crippen LogP contribution in [0.15, 0.2) is 48.7 Å². The Kier molecular flexibility index (Phi) is 5.68. The van der Waals surface area contributed by atoms with Crippen LogP contribution in [0, 0.1) is 0 Å². The van der Waals surface area contributed by atoms with E-state index in [4.69, 9.17) is 4.74 Å². The van der Waals surface area contributed by atoms with E-state index < -0.39 is 0 Å². The number of likely N-dealkylation sites (N-methyl/N-ethyl adjacent to an activating group) is 1. The number of carbonyl (C=O) groups is 2. The summed E-state index contributed by atoms with van der Waals surface area (Å²) < 4.78 is 5.37. The van der Waals surface area contributed by atoms with Gasteiger partial charge in [0.25, 0.3) is 5.91 Å². The van der Waals surface area contributed by atoms with Crippen LogP contribution in [0.1, 0.15) is 12.5 Å². The maximum Gasteiger partial charge on any atom is 0.260 e. The predicted molar refractivity (Wildman–Crippen MR) is 87.0 cm³/mol. The quantitative estimate of drug-likeness (QED) is 0.886. The number of pyridine rings is 1. The van der Waals surface area contributed by atoms with Crippen molar-refractivity contribution >= 4 is 17.5 Å². The number of rotatable bonds is 6. The zero-order valence-electron chi connectivity index (χ0n) is 13.2. The van der Waals surface area contributed by atoms with Gasteiger partial charge in [-0.1, -0.05) is 30.3 Å². The van der Waals surface area contributed by atoms with E-state index in [1.807, 2.05) is 30.3 Å². The van der Waals surface area contributed by atoms with Crippen molar-refractivity contribution in [1.82, 2.24) is 9.88 Å². The molecule has 6 nitrogen and oxygen atoms in total. The minimum Gasteiger partial charge on any atom is -0.468 e. The minimum atomic E-state index is -0.168. The van der Waals surface area contributed by atoms with E-state index in [1.54, 1.807) is 24.1 Å². The van der Waals surface area contributed by atoms with Gasteiger partial charge in [0, 0.05) is 26.6 Å². The molecule has 0 unspecified atom stereocenters. The van der Waals surface area contributed by atoms with Crippen molar-refractivity contribution in [3.8, 4) is 5.88 Å². The van der Waals surface area contributed by atoms with Gasteiger partial charge in [-0.2, -0.15) is 0 Å². The third-order valence-corrected chi connectivity index (χ3v) is 3.09. The first-order valence-electron chi connectivity index (χ1n) is 7.19. The summed E-state index contributed by atoms with van der Waals surface area (Å²) in [6, 6.07) is 13.0. The number of anilines is 1. The minimum absolute atomic E-state index is 0.0875. The molecule has 6 heteroatoms. The molecule has 2 aromatic rings. The molecule has 0 fully saturated rings. The number of nitrogens with zero attached hydrogens (tertiary/aromatic N) is 2. The average Bonchev–Trinajstić information content (AvgIpc) is 2.54. The lowest BCUT2D eigenvalue weighted by Gasteiger charge is -2.17. The van der Waals surface area contributed by atoms with E-state index in [-0.39, 0.29) is 18.4 Å². The molecule has 1 aromatic heterocycles. The summed E-state index contributed by atoms with van der Waals surface area (Å²) in [5, 5.41) is 2.61. The van der Waals surface area contributed by atoms with Crippen LogP contribution in [0.4, 0.5) is 5.69 Å². The summed E-state index contributed by atoms with van der Waals surface area (Å²) in [5.41, 5.74) is 1.64. The van der Waals surface area contributed by atoms with Gasteiger partial charge < -0.3 is 15.0 Å². The molecule has 1 N–H and O–H groups in total. The van der Waals surface area contributed by atoms with Crippen molar-refractivity contribution in [1.29, 1.82) is 0 Å². The molecule has 0 saturated carbocycles. The Morgan fingerprint density at radius 2 is 1.91 bits per heavy atom. The topological polar surface area (TPSA) is 71.5 Å². The fourth-order valence-electron chi connectivity index (χ4n) is 1.93. The highest BCUT2D eigenvalue weighted by molar-refractivity contribution is 5.88. The van der Waals surface area contributed by atoms with E-state index >= 15 is 0 Å². The highest BCUT2D eigenvalue weighted by Crippen LogP contribution is 2.11. The number of hydrogen-bond donors (Lipinski definition) is 1. The Morgan fingerprint density at radius 3 is 2.52 bits per heavy atom. The maximum atomic E-state index is 12.0. The molecule has 0 aliphatic heterocycles. The first-order chi connectivity index (χ1) is 11.0.